The highest BCUT2D eigenvalue weighted by Gasteiger charge is 2.16. The Morgan fingerprint density at radius 1 is 1.25 bits per heavy atom. The van der Waals surface area contributed by atoms with Gasteiger partial charge in [-0.25, -0.2) is 0 Å². The van der Waals surface area contributed by atoms with Crippen molar-refractivity contribution >= 4 is 5.97 Å². The molecule has 0 aliphatic heterocycles. The zero-order valence-electron chi connectivity index (χ0n) is 12.1. The smallest absolute Gasteiger partial charge is 0.315 e. The number of methoxy groups -OCH3 is 1. The van der Waals surface area contributed by atoms with Crippen LogP contribution in [0.25, 0.3) is 0 Å². The fourth-order valence-electron chi connectivity index (χ4n) is 2.08. The quantitative estimate of drug-likeness (QED) is 0.633. The van der Waals surface area contributed by atoms with E-state index in [2.05, 4.69) is 5.10 Å². The Bertz CT molecular complexity index is 632. The summed E-state index contributed by atoms with van der Waals surface area (Å²) in [6.45, 7) is 3.82. The van der Waals surface area contributed by atoms with Crippen molar-refractivity contribution in [2.45, 2.75) is 20.3 Å². The number of rotatable bonds is 4. The third kappa shape index (κ3) is 2.82. The zero-order chi connectivity index (χ0) is 14.7. The molecule has 0 saturated heterocycles. The topological polar surface area (TPSA) is 53.4 Å². The van der Waals surface area contributed by atoms with Crippen LogP contribution in [0.15, 0.2) is 24.3 Å². The summed E-state index contributed by atoms with van der Waals surface area (Å²) in [7, 11) is 3.40. The number of carbonyl (C=O) groups excluding carboxylic acids is 1. The standard InChI is InChI=1S/C15H18N2O3/c1-10-12(11(2)17(3)16-10)9-15(18)20-14-8-6-5-7-13(14)19-4/h5-8H,9H2,1-4H3. The largest absolute Gasteiger partial charge is 0.493 e. The van der Waals surface area contributed by atoms with Crippen LogP contribution >= 0.6 is 0 Å². The van der Waals surface area contributed by atoms with Crippen molar-refractivity contribution in [2.24, 2.45) is 7.05 Å². The van der Waals surface area contributed by atoms with Gasteiger partial charge < -0.3 is 9.47 Å². The van der Waals surface area contributed by atoms with Gasteiger partial charge in [-0.15, -0.1) is 0 Å². The fourth-order valence-corrected chi connectivity index (χ4v) is 2.08. The third-order valence-electron chi connectivity index (χ3n) is 3.27. The Hall–Kier alpha value is -2.30. The van der Waals surface area contributed by atoms with Crippen molar-refractivity contribution in [1.29, 1.82) is 0 Å². The molecule has 1 aromatic heterocycles. The van der Waals surface area contributed by atoms with E-state index in [0.717, 1.165) is 17.0 Å². The van der Waals surface area contributed by atoms with Crippen LogP contribution in [-0.4, -0.2) is 22.9 Å². The minimum absolute atomic E-state index is 0.198. The van der Waals surface area contributed by atoms with Gasteiger partial charge in [0.1, 0.15) is 0 Å². The molecule has 1 heterocycles. The van der Waals surface area contributed by atoms with E-state index >= 15 is 0 Å². The highest BCUT2D eigenvalue weighted by molar-refractivity contribution is 5.76. The Balaban J connectivity index is 2.13. The molecule has 20 heavy (non-hydrogen) atoms. The van der Waals surface area contributed by atoms with Crippen LogP contribution in [0.2, 0.25) is 0 Å². The van der Waals surface area contributed by atoms with E-state index in [1.165, 1.54) is 0 Å². The summed E-state index contributed by atoms with van der Waals surface area (Å²) >= 11 is 0. The molecule has 0 N–H and O–H groups in total. The van der Waals surface area contributed by atoms with E-state index in [-0.39, 0.29) is 12.4 Å². The number of aromatic nitrogens is 2. The molecule has 0 aliphatic carbocycles. The van der Waals surface area contributed by atoms with Crippen LogP contribution in [0.3, 0.4) is 0 Å². The minimum Gasteiger partial charge on any atom is -0.493 e. The van der Waals surface area contributed by atoms with Gasteiger partial charge in [-0.05, 0) is 26.0 Å². The predicted molar refractivity (Wildman–Crippen MR) is 75.0 cm³/mol. The number of ether oxygens (including phenoxy) is 2. The number of aryl methyl sites for hydroxylation is 2. The highest BCUT2D eigenvalue weighted by atomic mass is 16.6. The van der Waals surface area contributed by atoms with Gasteiger partial charge in [0.15, 0.2) is 11.5 Å². The lowest BCUT2D eigenvalue weighted by Crippen LogP contribution is -2.13. The summed E-state index contributed by atoms with van der Waals surface area (Å²) in [5.41, 5.74) is 2.73. The lowest BCUT2D eigenvalue weighted by molar-refractivity contribution is -0.133. The number of hydrogen-bond donors (Lipinski definition) is 0. The van der Waals surface area contributed by atoms with Crippen molar-refractivity contribution in [3.8, 4) is 11.5 Å². The van der Waals surface area contributed by atoms with Gasteiger partial charge in [0.05, 0.1) is 19.2 Å². The highest BCUT2D eigenvalue weighted by Crippen LogP contribution is 2.26. The van der Waals surface area contributed by atoms with Crippen molar-refractivity contribution in [3.05, 3.63) is 41.2 Å². The second-order valence-electron chi connectivity index (χ2n) is 4.57. The lowest BCUT2D eigenvalue weighted by atomic mass is 10.1. The molecule has 0 aliphatic rings. The maximum absolute atomic E-state index is 12.0. The molecule has 0 bridgehead atoms. The van der Waals surface area contributed by atoms with Crippen LogP contribution in [0.5, 0.6) is 11.5 Å². The number of nitrogens with zero attached hydrogens (tertiary/aromatic N) is 2. The molecule has 0 spiro atoms. The van der Waals surface area contributed by atoms with Crippen molar-refractivity contribution in [2.75, 3.05) is 7.11 Å². The maximum Gasteiger partial charge on any atom is 0.315 e. The van der Waals surface area contributed by atoms with E-state index in [0.29, 0.717) is 11.5 Å². The summed E-state index contributed by atoms with van der Waals surface area (Å²) in [4.78, 5) is 12.0. The molecule has 0 amide bonds. The summed E-state index contributed by atoms with van der Waals surface area (Å²) < 4.78 is 12.3. The molecule has 0 atom stereocenters. The summed E-state index contributed by atoms with van der Waals surface area (Å²) in [5.74, 6) is 0.647. The summed E-state index contributed by atoms with van der Waals surface area (Å²) in [6, 6.07) is 7.08. The van der Waals surface area contributed by atoms with Crippen LogP contribution in [0, 0.1) is 13.8 Å². The first-order valence-corrected chi connectivity index (χ1v) is 6.35. The van der Waals surface area contributed by atoms with Gasteiger partial charge in [-0.1, -0.05) is 12.1 Å². The fraction of sp³-hybridized carbons (Fsp3) is 0.333. The van der Waals surface area contributed by atoms with Gasteiger partial charge >= 0.3 is 5.97 Å². The molecule has 0 unspecified atom stereocenters. The average molecular weight is 274 g/mol. The van der Waals surface area contributed by atoms with Crippen LogP contribution in [-0.2, 0) is 18.3 Å². The van der Waals surface area contributed by atoms with Crippen LogP contribution in [0.1, 0.15) is 17.0 Å². The first kappa shape index (κ1) is 14.1. The van der Waals surface area contributed by atoms with Gasteiger partial charge in [0.2, 0.25) is 0 Å². The SMILES string of the molecule is COc1ccccc1OC(=O)Cc1c(C)nn(C)c1C. The first-order valence-electron chi connectivity index (χ1n) is 6.35. The summed E-state index contributed by atoms with van der Waals surface area (Å²) in [6.07, 6.45) is 0.198. The van der Waals surface area contributed by atoms with Gasteiger partial charge in [-0.3, -0.25) is 9.48 Å². The maximum atomic E-state index is 12.0. The molecule has 5 nitrogen and oxygen atoms in total. The molecule has 2 rings (SSSR count). The molecule has 0 fully saturated rings. The molecule has 1 aromatic carbocycles. The van der Waals surface area contributed by atoms with Gasteiger partial charge in [0, 0.05) is 18.3 Å². The second-order valence-corrected chi connectivity index (χ2v) is 4.57. The van der Waals surface area contributed by atoms with Crippen LogP contribution in [0.4, 0.5) is 0 Å². The molecule has 5 heteroatoms. The van der Waals surface area contributed by atoms with E-state index in [4.69, 9.17) is 9.47 Å². The Morgan fingerprint density at radius 3 is 2.45 bits per heavy atom. The Morgan fingerprint density at radius 2 is 1.90 bits per heavy atom. The molecule has 0 radical (unpaired) electrons. The normalized spacial score (nSPS) is 10.4. The molecular weight excluding hydrogens is 256 g/mol. The molecule has 0 saturated carbocycles. The predicted octanol–water partition coefficient (Wildman–Crippen LogP) is 2.19. The number of esters is 1. The number of para-hydroxylation sites is 2. The third-order valence-corrected chi connectivity index (χ3v) is 3.27. The van der Waals surface area contributed by atoms with E-state index in [9.17, 15) is 4.79 Å². The Labute approximate surface area is 118 Å². The number of carbonyl (C=O) groups is 1. The lowest BCUT2D eigenvalue weighted by Gasteiger charge is -2.08. The number of benzene rings is 1. The van der Waals surface area contributed by atoms with E-state index in [1.54, 1.807) is 30.0 Å². The van der Waals surface area contributed by atoms with E-state index < -0.39 is 0 Å². The van der Waals surface area contributed by atoms with Gasteiger partial charge in [-0.2, -0.15) is 5.10 Å². The Kier molecular flexibility index (Phi) is 4.08. The molecule has 106 valence electrons. The van der Waals surface area contributed by atoms with Crippen molar-refractivity contribution in [3.63, 3.8) is 0 Å². The van der Waals surface area contributed by atoms with Crippen LogP contribution < -0.4 is 9.47 Å². The van der Waals surface area contributed by atoms with E-state index in [1.807, 2.05) is 27.0 Å². The monoisotopic (exact) mass is 274 g/mol. The average Bonchev–Trinajstić information content (AvgIpc) is 2.66. The van der Waals surface area contributed by atoms with Crippen molar-refractivity contribution < 1.29 is 14.3 Å². The van der Waals surface area contributed by atoms with Crippen molar-refractivity contribution in [1.82, 2.24) is 9.78 Å². The molecule has 2 aromatic rings. The first-order chi connectivity index (χ1) is 9.52. The zero-order valence-corrected chi connectivity index (χ0v) is 12.1. The number of hydrogen-bond acceptors (Lipinski definition) is 4. The summed E-state index contributed by atoms with van der Waals surface area (Å²) in [5, 5.41) is 4.29. The minimum atomic E-state index is -0.325. The van der Waals surface area contributed by atoms with Gasteiger partial charge in [0.25, 0.3) is 0 Å². The second kappa shape index (κ2) is 5.77. The molecular formula is C15H18N2O3.